The van der Waals surface area contributed by atoms with Gasteiger partial charge in [-0.2, -0.15) is 0 Å². The molecule has 5 nitrogen and oxygen atoms in total. The second kappa shape index (κ2) is 8.83. The van der Waals surface area contributed by atoms with E-state index in [-0.39, 0.29) is 12.1 Å². The van der Waals surface area contributed by atoms with Gasteiger partial charge in [0.1, 0.15) is 0 Å². The average Bonchev–Trinajstić information content (AvgIpc) is 3.14. The fourth-order valence-electron chi connectivity index (χ4n) is 5.57. The number of fused-ring (bicyclic) bond motifs is 2. The lowest BCUT2D eigenvalue weighted by Gasteiger charge is -2.46. The molecule has 5 rings (SSSR count). The number of hydrogen-bond donors (Lipinski definition) is 2. The molecule has 1 aliphatic carbocycles. The zero-order chi connectivity index (χ0) is 22.2. The molecule has 1 aromatic heterocycles. The number of benzene rings is 2. The van der Waals surface area contributed by atoms with E-state index in [2.05, 4.69) is 70.8 Å². The van der Waals surface area contributed by atoms with Crippen molar-refractivity contribution in [3.63, 3.8) is 0 Å². The van der Waals surface area contributed by atoms with Gasteiger partial charge in [-0.25, -0.2) is 4.79 Å². The molecule has 3 aromatic rings. The molecule has 3 atom stereocenters. The zero-order valence-electron chi connectivity index (χ0n) is 19.1. The third-order valence-electron chi connectivity index (χ3n) is 7.15. The summed E-state index contributed by atoms with van der Waals surface area (Å²) in [7, 11) is 2.22. The molecule has 6 heteroatoms. The molecule has 168 valence electrons. The van der Waals surface area contributed by atoms with Gasteiger partial charge >= 0.3 is 6.03 Å². The molecule has 0 bridgehead atoms. The molecule has 0 spiro atoms. The Balaban J connectivity index is 1.46. The maximum Gasteiger partial charge on any atom is 0.317 e. The number of urea groups is 1. The van der Waals surface area contributed by atoms with Crippen LogP contribution in [-0.2, 0) is 6.42 Å². The number of carbonyl (C=O) groups is 1. The van der Waals surface area contributed by atoms with Crippen molar-refractivity contribution in [3.05, 3.63) is 59.7 Å². The van der Waals surface area contributed by atoms with E-state index in [1.807, 2.05) is 30.5 Å². The zero-order valence-corrected chi connectivity index (χ0v) is 19.9. The highest BCUT2D eigenvalue weighted by Gasteiger charge is 2.41. The summed E-state index contributed by atoms with van der Waals surface area (Å²) in [5, 5.41) is 5.98. The standard InChI is InChI=1S/C26H32N4OS/c1-4-30(5-2)26(31)27-17-14-20-19-12-9-13-22-24(19)21(15-23(20)29(3)16-17)25(28-22)32-18-10-7-6-8-11-18/h6-13,17,20,23,28H,4-5,14-16H2,1-3H3,(H,27,31)/t17-,20?,23+/m0/s1. The van der Waals surface area contributed by atoms with Crippen LogP contribution in [0, 0.1) is 0 Å². The summed E-state index contributed by atoms with van der Waals surface area (Å²) in [4.78, 5) is 22.0. The maximum atomic E-state index is 12.7. The lowest BCUT2D eigenvalue weighted by molar-refractivity contribution is 0.123. The predicted octanol–water partition coefficient (Wildman–Crippen LogP) is 5.08. The molecule has 1 fully saturated rings. The van der Waals surface area contributed by atoms with Crippen LogP contribution in [0.2, 0.25) is 0 Å². The van der Waals surface area contributed by atoms with Gasteiger partial charge in [-0.05, 0) is 63.1 Å². The summed E-state index contributed by atoms with van der Waals surface area (Å²) in [5.41, 5.74) is 4.10. The van der Waals surface area contributed by atoms with Crippen LogP contribution in [0.4, 0.5) is 4.79 Å². The van der Waals surface area contributed by atoms with Gasteiger partial charge in [0.15, 0.2) is 0 Å². The highest BCUT2D eigenvalue weighted by atomic mass is 32.2. The second-order valence-corrected chi connectivity index (χ2v) is 10.1. The van der Waals surface area contributed by atoms with E-state index in [1.165, 1.54) is 32.0 Å². The first-order chi connectivity index (χ1) is 15.6. The molecular weight excluding hydrogens is 416 g/mol. The molecule has 2 amide bonds. The van der Waals surface area contributed by atoms with Crippen LogP contribution in [0.5, 0.6) is 0 Å². The Morgan fingerprint density at radius 2 is 1.94 bits per heavy atom. The van der Waals surface area contributed by atoms with E-state index in [4.69, 9.17) is 0 Å². The Bertz CT molecular complexity index is 1110. The number of aromatic amines is 1. The van der Waals surface area contributed by atoms with Crippen molar-refractivity contribution in [2.75, 3.05) is 26.7 Å². The van der Waals surface area contributed by atoms with Gasteiger partial charge < -0.3 is 20.1 Å². The summed E-state index contributed by atoms with van der Waals surface area (Å²) >= 11 is 1.83. The Labute approximate surface area is 194 Å². The van der Waals surface area contributed by atoms with Crippen molar-refractivity contribution >= 4 is 28.7 Å². The van der Waals surface area contributed by atoms with Gasteiger partial charge in [-0.15, -0.1) is 0 Å². The Morgan fingerprint density at radius 3 is 2.69 bits per heavy atom. The highest BCUT2D eigenvalue weighted by Crippen LogP contribution is 2.46. The van der Waals surface area contributed by atoms with Crippen LogP contribution in [0.15, 0.2) is 58.5 Å². The van der Waals surface area contributed by atoms with E-state index >= 15 is 0 Å². The number of piperidine rings is 1. The average molecular weight is 449 g/mol. The SMILES string of the molecule is CCN(CC)C(=O)N[C@H]1CC2c3cccc4[nH]c(Sc5ccccc5)c(c34)C[C@H]2N(C)C1. The molecule has 2 N–H and O–H groups in total. The maximum absolute atomic E-state index is 12.7. The van der Waals surface area contributed by atoms with Gasteiger partial charge in [-0.1, -0.05) is 42.1 Å². The normalized spacial score (nSPS) is 22.5. The van der Waals surface area contributed by atoms with Gasteiger partial charge in [0.2, 0.25) is 0 Å². The Morgan fingerprint density at radius 1 is 1.16 bits per heavy atom. The number of H-pyrrole nitrogens is 1. The Hall–Kier alpha value is -2.44. The number of amides is 2. The van der Waals surface area contributed by atoms with Crippen molar-refractivity contribution in [3.8, 4) is 0 Å². The molecule has 2 aliphatic rings. The van der Waals surface area contributed by atoms with E-state index in [0.29, 0.717) is 12.0 Å². The van der Waals surface area contributed by atoms with Crippen LogP contribution in [0.25, 0.3) is 10.9 Å². The first kappa shape index (κ1) is 21.4. The van der Waals surface area contributed by atoms with E-state index < -0.39 is 0 Å². The predicted molar refractivity (Wildman–Crippen MR) is 132 cm³/mol. The van der Waals surface area contributed by atoms with Crippen LogP contribution < -0.4 is 5.32 Å². The van der Waals surface area contributed by atoms with E-state index in [0.717, 1.165) is 32.5 Å². The molecule has 2 aromatic carbocycles. The molecule has 1 aliphatic heterocycles. The fraction of sp³-hybridized carbons (Fsp3) is 0.423. The van der Waals surface area contributed by atoms with Crippen molar-refractivity contribution in [2.45, 2.75) is 54.6 Å². The van der Waals surface area contributed by atoms with Gasteiger partial charge in [-0.3, -0.25) is 0 Å². The number of carbonyl (C=O) groups excluding carboxylic acids is 1. The van der Waals surface area contributed by atoms with Crippen molar-refractivity contribution in [1.29, 1.82) is 0 Å². The van der Waals surface area contributed by atoms with Gasteiger partial charge in [0.25, 0.3) is 0 Å². The molecule has 2 heterocycles. The number of likely N-dealkylation sites (tertiary alicyclic amines) is 1. The monoisotopic (exact) mass is 448 g/mol. The number of hydrogen-bond acceptors (Lipinski definition) is 3. The summed E-state index contributed by atoms with van der Waals surface area (Å²) in [5.74, 6) is 0.428. The first-order valence-electron chi connectivity index (χ1n) is 11.7. The first-order valence-corrected chi connectivity index (χ1v) is 12.5. The minimum atomic E-state index is 0.0600. The van der Waals surface area contributed by atoms with E-state index in [1.54, 1.807) is 0 Å². The van der Waals surface area contributed by atoms with Crippen molar-refractivity contribution in [2.24, 2.45) is 0 Å². The summed E-state index contributed by atoms with van der Waals surface area (Å²) in [6, 6.07) is 18.0. The molecule has 32 heavy (non-hydrogen) atoms. The van der Waals surface area contributed by atoms with Gasteiger partial charge in [0.05, 0.1) is 5.03 Å². The summed E-state index contributed by atoms with van der Waals surface area (Å²) in [6.07, 6.45) is 2.04. The minimum Gasteiger partial charge on any atom is -0.349 e. The largest absolute Gasteiger partial charge is 0.349 e. The smallest absolute Gasteiger partial charge is 0.317 e. The molecule has 0 radical (unpaired) electrons. The number of rotatable bonds is 5. The molecule has 1 saturated heterocycles. The third kappa shape index (κ3) is 3.80. The Kier molecular flexibility index (Phi) is 5.91. The number of nitrogens with zero attached hydrogens (tertiary/aromatic N) is 2. The van der Waals surface area contributed by atoms with Crippen molar-refractivity contribution in [1.82, 2.24) is 20.1 Å². The third-order valence-corrected chi connectivity index (χ3v) is 8.21. The lowest BCUT2D eigenvalue weighted by Crippen LogP contribution is -2.56. The van der Waals surface area contributed by atoms with Crippen LogP contribution in [-0.4, -0.2) is 59.6 Å². The summed E-state index contributed by atoms with van der Waals surface area (Å²) in [6.45, 7) is 6.44. The summed E-state index contributed by atoms with van der Waals surface area (Å²) < 4.78 is 0. The topological polar surface area (TPSA) is 51.4 Å². The van der Waals surface area contributed by atoms with Crippen LogP contribution in [0.3, 0.4) is 0 Å². The fourth-order valence-corrected chi connectivity index (χ4v) is 6.57. The molecule has 0 saturated carbocycles. The number of nitrogens with one attached hydrogen (secondary N) is 2. The number of likely N-dealkylation sites (N-methyl/N-ethyl adjacent to an activating group) is 1. The van der Waals surface area contributed by atoms with Crippen LogP contribution in [0.1, 0.15) is 37.3 Å². The minimum absolute atomic E-state index is 0.0600. The molecule has 1 unspecified atom stereocenters. The second-order valence-electron chi connectivity index (χ2n) is 8.99. The van der Waals surface area contributed by atoms with E-state index in [9.17, 15) is 4.79 Å². The lowest BCUT2D eigenvalue weighted by atomic mass is 9.74. The van der Waals surface area contributed by atoms with Crippen molar-refractivity contribution < 1.29 is 4.79 Å². The quantitative estimate of drug-likeness (QED) is 0.572. The van der Waals surface area contributed by atoms with Gasteiger partial charge in [0, 0.05) is 53.4 Å². The van der Waals surface area contributed by atoms with Crippen LogP contribution >= 0.6 is 11.8 Å². The highest BCUT2D eigenvalue weighted by molar-refractivity contribution is 7.99. The molecular formula is C26H32N4OS. The number of aromatic nitrogens is 1.